The Morgan fingerprint density at radius 1 is 1.09 bits per heavy atom. The molecule has 0 unspecified atom stereocenters. The Bertz CT molecular complexity index is 1270. The summed E-state index contributed by atoms with van der Waals surface area (Å²) < 4.78 is 11.5. The first-order valence-corrected chi connectivity index (χ1v) is 10.4. The molecule has 2 atom stereocenters. The van der Waals surface area contributed by atoms with Gasteiger partial charge in [-0.3, -0.25) is 14.9 Å². The van der Waals surface area contributed by atoms with Crippen LogP contribution in [0.5, 0.6) is 5.75 Å². The van der Waals surface area contributed by atoms with Crippen LogP contribution in [0.2, 0.25) is 0 Å². The highest BCUT2D eigenvalue weighted by molar-refractivity contribution is 6.09. The van der Waals surface area contributed by atoms with Gasteiger partial charge in [-0.2, -0.15) is 0 Å². The van der Waals surface area contributed by atoms with Gasteiger partial charge in [-0.25, -0.2) is 0 Å². The van der Waals surface area contributed by atoms with Crippen molar-refractivity contribution in [2.75, 3.05) is 13.7 Å². The summed E-state index contributed by atoms with van der Waals surface area (Å²) in [6, 6.07) is 20.4. The van der Waals surface area contributed by atoms with Crippen LogP contribution in [0.15, 0.2) is 71.1 Å². The molecule has 0 radical (unpaired) electrons. The molecule has 0 aliphatic heterocycles. The number of nitro groups is 1. The number of carbonyl (C=O) groups excluding carboxylic acids is 1. The summed E-state index contributed by atoms with van der Waals surface area (Å²) in [5, 5.41) is 16.0. The van der Waals surface area contributed by atoms with E-state index >= 15 is 0 Å². The van der Waals surface area contributed by atoms with E-state index in [1.165, 1.54) is 0 Å². The lowest BCUT2D eigenvalue weighted by atomic mass is 9.91. The summed E-state index contributed by atoms with van der Waals surface area (Å²) in [5.74, 6) is -0.325. The summed E-state index contributed by atoms with van der Waals surface area (Å²) in [6.07, 6.45) is -0.0148. The molecule has 7 heteroatoms. The van der Waals surface area contributed by atoms with Crippen LogP contribution in [0.3, 0.4) is 0 Å². The van der Waals surface area contributed by atoms with Gasteiger partial charge in [0.1, 0.15) is 5.58 Å². The van der Waals surface area contributed by atoms with Crippen LogP contribution in [0.25, 0.3) is 21.9 Å². The first kappa shape index (κ1) is 21.4. The van der Waals surface area contributed by atoms with Crippen LogP contribution >= 0.6 is 0 Å². The van der Waals surface area contributed by atoms with Gasteiger partial charge in [0.25, 0.3) is 0 Å². The minimum Gasteiger partial charge on any atom is -0.493 e. The fraction of sp³-hybridized carbons (Fsp3) is 0.240. The zero-order chi connectivity index (χ0) is 22.7. The molecule has 0 aliphatic rings. The number of para-hydroxylation sites is 1. The average molecular weight is 432 g/mol. The predicted molar refractivity (Wildman–Crippen MR) is 122 cm³/mol. The maximum Gasteiger partial charge on any atom is 0.221 e. The molecule has 4 aromatic rings. The second-order valence-electron chi connectivity index (χ2n) is 7.78. The molecule has 164 valence electrons. The zero-order valence-corrected chi connectivity index (χ0v) is 17.9. The largest absolute Gasteiger partial charge is 0.493 e. The third kappa shape index (κ3) is 4.27. The highest BCUT2D eigenvalue weighted by Crippen LogP contribution is 2.40. The van der Waals surface area contributed by atoms with Crippen LogP contribution in [0.1, 0.15) is 36.4 Å². The summed E-state index contributed by atoms with van der Waals surface area (Å²) >= 11 is 0. The molecule has 3 aromatic carbocycles. The van der Waals surface area contributed by atoms with Crippen LogP contribution < -0.4 is 10.1 Å². The molecule has 1 heterocycles. The number of amides is 1. The number of ether oxygens (including phenoxy) is 1. The first-order valence-electron chi connectivity index (χ1n) is 10.4. The van der Waals surface area contributed by atoms with Gasteiger partial charge in [0.2, 0.25) is 12.5 Å². The van der Waals surface area contributed by atoms with Crippen molar-refractivity contribution in [1.29, 1.82) is 0 Å². The van der Waals surface area contributed by atoms with Gasteiger partial charge in [-0.1, -0.05) is 54.6 Å². The second-order valence-corrected chi connectivity index (χ2v) is 7.78. The van der Waals surface area contributed by atoms with E-state index in [1.807, 2.05) is 61.5 Å². The first-order chi connectivity index (χ1) is 15.5. The van der Waals surface area contributed by atoms with Gasteiger partial charge >= 0.3 is 0 Å². The Hall–Kier alpha value is -3.87. The molecule has 1 N–H and O–H groups in total. The number of rotatable bonds is 8. The minimum atomic E-state index is -0.623. The van der Waals surface area contributed by atoms with Crippen molar-refractivity contribution in [2.45, 2.75) is 25.3 Å². The summed E-state index contributed by atoms with van der Waals surface area (Å²) in [5.41, 5.74) is 2.86. The Morgan fingerprint density at radius 2 is 1.81 bits per heavy atom. The van der Waals surface area contributed by atoms with Crippen LogP contribution in [0.4, 0.5) is 0 Å². The monoisotopic (exact) mass is 432 g/mol. The molecule has 0 fully saturated rings. The van der Waals surface area contributed by atoms with E-state index in [0.717, 1.165) is 16.3 Å². The Morgan fingerprint density at radius 3 is 2.53 bits per heavy atom. The van der Waals surface area contributed by atoms with Crippen molar-refractivity contribution in [3.8, 4) is 5.75 Å². The van der Waals surface area contributed by atoms with E-state index in [0.29, 0.717) is 22.5 Å². The number of methoxy groups -OCH3 is 1. The Labute approximate surface area is 185 Å². The number of carbonyl (C=O) groups is 1. The number of benzene rings is 3. The van der Waals surface area contributed by atoms with Crippen LogP contribution in [-0.2, 0) is 4.79 Å². The number of hydrogen-bond donors (Lipinski definition) is 1. The zero-order valence-electron chi connectivity index (χ0n) is 17.9. The quantitative estimate of drug-likeness (QED) is 0.304. The second kappa shape index (κ2) is 9.09. The number of nitrogens with one attached hydrogen (secondary N) is 1. The standard InChI is InChI=1S/C25H24N2O5/c1-16(17-8-4-3-5-9-17)26-23(28)14-18(15-27(29)30)19-12-13-22(31-2)25-24(19)20-10-6-7-11-21(20)32-25/h3-13,16,18H,14-15H2,1-2H3,(H,26,28)/t16-,18-/m1/s1. The minimum absolute atomic E-state index is 0.0148. The molecule has 0 aliphatic carbocycles. The smallest absolute Gasteiger partial charge is 0.221 e. The number of nitrogens with zero attached hydrogens (tertiary/aromatic N) is 1. The van der Waals surface area contributed by atoms with E-state index in [1.54, 1.807) is 19.2 Å². The van der Waals surface area contributed by atoms with Crippen molar-refractivity contribution < 1.29 is 18.9 Å². The van der Waals surface area contributed by atoms with Crippen molar-refractivity contribution in [1.82, 2.24) is 5.32 Å². The lowest BCUT2D eigenvalue weighted by Crippen LogP contribution is -2.29. The van der Waals surface area contributed by atoms with Crippen molar-refractivity contribution in [2.24, 2.45) is 0 Å². The fourth-order valence-electron chi connectivity index (χ4n) is 4.13. The lowest BCUT2D eigenvalue weighted by Gasteiger charge is -2.18. The van der Waals surface area contributed by atoms with Gasteiger partial charge < -0.3 is 14.5 Å². The normalized spacial score (nSPS) is 13.1. The number of fused-ring (bicyclic) bond motifs is 3. The van der Waals surface area contributed by atoms with Gasteiger partial charge in [0.05, 0.1) is 19.1 Å². The molecular formula is C25H24N2O5. The Kier molecular flexibility index (Phi) is 6.07. The molecule has 1 amide bonds. The number of hydrogen-bond acceptors (Lipinski definition) is 5. The topological polar surface area (TPSA) is 94.6 Å². The van der Waals surface area contributed by atoms with E-state index < -0.39 is 5.92 Å². The van der Waals surface area contributed by atoms with Gasteiger partial charge in [0, 0.05) is 22.1 Å². The highest BCUT2D eigenvalue weighted by Gasteiger charge is 2.27. The van der Waals surface area contributed by atoms with Crippen LogP contribution in [-0.4, -0.2) is 24.5 Å². The summed E-state index contributed by atoms with van der Waals surface area (Å²) in [7, 11) is 1.55. The maximum atomic E-state index is 12.9. The SMILES string of the molecule is COc1ccc([C@H](CC(=O)N[C@H](C)c2ccccc2)C[N+](=O)[O-])c2c1oc1ccccc12. The Balaban J connectivity index is 1.70. The molecule has 7 nitrogen and oxygen atoms in total. The fourth-order valence-corrected chi connectivity index (χ4v) is 4.13. The van der Waals surface area contributed by atoms with Gasteiger partial charge in [0.15, 0.2) is 11.3 Å². The van der Waals surface area contributed by atoms with Crippen LogP contribution in [0, 0.1) is 10.1 Å². The van der Waals surface area contributed by atoms with E-state index in [4.69, 9.17) is 9.15 Å². The third-order valence-corrected chi connectivity index (χ3v) is 5.66. The van der Waals surface area contributed by atoms with Gasteiger partial charge in [-0.15, -0.1) is 0 Å². The summed E-state index contributed by atoms with van der Waals surface area (Å²) in [4.78, 5) is 24.0. The van der Waals surface area contributed by atoms with E-state index in [-0.39, 0.29) is 29.8 Å². The number of furan rings is 1. The lowest BCUT2D eigenvalue weighted by molar-refractivity contribution is -0.483. The maximum absolute atomic E-state index is 12.9. The molecule has 0 saturated heterocycles. The molecule has 0 bridgehead atoms. The van der Waals surface area contributed by atoms with E-state index in [9.17, 15) is 14.9 Å². The molecule has 0 saturated carbocycles. The van der Waals surface area contributed by atoms with Crippen molar-refractivity contribution in [3.05, 3.63) is 88.0 Å². The van der Waals surface area contributed by atoms with E-state index in [2.05, 4.69) is 5.32 Å². The third-order valence-electron chi connectivity index (χ3n) is 5.66. The molecule has 32 heavy (non-hydrogen) atoms. The summed E-state index contributed by atoms with van der Waals surface area (Å²) in [6.45, 7) is 1.53. The van der Waals surface area contributed by atoms with Gasteiger partial charge in [-0.05, 0) is 30.2 Å². The van der Waals surface area contributed by atoms with Crippen molar-refractivity contribution >= 4 is 27.8 Å². The predicted octanol–water partition coefficient (Wildman–Crippen LogP) is 5.22. The van der Waals surface area contributed by atoms with Crippen molar-refractivity contribution in [3.63, 3.8) is 0 Å². The molecule has 1 aromatic heterocycles. The molecule has 4 rings (SSSR count). The molecular weight excluding hydrogens is 408 g/mol. The highest BCUT2D eigenvalue weighted by atomic mass is 16.6. The molecule has 0 spiro atoms. The average Bonchev–Trinajstić information content (AvgIpc) is 3.18.